The summed E-state index contributed by atoms with van der Waals surface area (Å²) >= 11 is 0. The van der Waals surface area contributed by atoms with Crippen LogP contribution in [0, 0.1) is 0 Å². The Balaban J connectivity index is 5.05. The number of amides is 1. The van der Waals surface area contributed by atoms with Gasteiger partial charge in [-0.2, -0.15) is 0 Å². The predicted octanol–water partition coefficient (Wildman–Crippen LogP) is 20.0. The fourth-order valence-electron chi connectivity index (χ4n) is 9.10. The SMILES string of the molecule is CCCCC/C=C\C/C=C\C/C=C\C/C=C\CCCCCCCCCCCCCC(=O)NC(COP(=O)(O)OCC[N+](C)(C)C)C(/C=C\CCCCCCCCCCC)OC(=O)CCCCC/C=C\CCCCCCCC. The molecule has 0 aliphatic rings. The maximum Gasteiger partial charge on any atom is 0.472 e. The summed E-state index contributed by atoms with van der Waals surface area (Å²) in [7, 11) is 1.48. The van der Waals surface area contributed by atoms with Gasteiger partial charge in [0, 0.05) is 12.8 Å². The van der Waals surface area contributed by atoms with Gasteiger partial charge >= 0.3 is 13.8 Å². The van der Waals surface area contributed by atoms with Crippen molar-refractivity contribution in [3.8, 4) is 0 Å². The Morgan fingerprint density at radius 1 is 0.455 bits per heavy atom. The molecule has 77 heavy (non-hydrogen) atoms. The summed E-state index contributed by atoms with van der Waals surface area (Å²) in [5.74, 6) is -0.525. The highest BCUT2D eigenvalue weighted by Gasteiger charge is 2.30. The first-order valence-corrected chi connectivity index (χ1v) is 33.8. The third-order valence-corrected chi connectivity index (χ3v) is 15.1. The van der Waals surface area contributed by atoms with Gasteiger partial charge in [0.2, 0.25) is 5.91 Å². The quantitative estimate of drug-likeness (QED) is 0.0205. The lowest BCUT2D eigenvalue weighted by Crippen LogP contribution is -2.47. The summed E-state index contributed by atoms with van der Waals surface area (Å²) in [4.78, 5) is 37.7. The Morgan fingerprint density at radius 3 is 1.23 bits per heavy atom. The highest BCUT2D eigenvalue weighted by molar-refractivity contribution is 7.47. The molecule has 1 amide bonds. The van der Waals surface area contributed by atoms with Crippen molar-refractivity contribution >= 4 is 19.7 Å². The summed E-state index contributed by atoms with van der Waals surface area (Å²) in [6.45, 7) is 6.97. The Hall–Kier alpha value is -2.55. The Kier molecular flexibility index (Phi) is 54.8. The normalized spacial score (nSPS) is 14.1. The molecule has 10 heteroatoms. The molecule has 9 nitrogen and oxygen atoms in total. The van der Waals surface area contributed by atoms with Gasteiger partial charge in [0.15, 0.2) is 0 Å². The van der Waals surface area contributed by atoms with Crippen molar-refractivity contribution in [3.05, 3.63) is 72.9 Å². The van der Waals surface area contributed by atoms with Gasteiger partial charge in [0.05, 0.1) is 33.8 Å². The summed E-state index contributed by atoms with van der Waals surface area (Å²) < 4.78 is 30.7. The van der Waals surface area contributed by atoms with Crippen LogP contribution in [0.5, 0.6) is 0 Å². The lowest BCUT2D eigenvalue weighted by atomic mass is 10.0. The molecule has 3 unspecified atom stereocenters. The van der Waals surface area contributed by atoms with Crippen LogP contribution in [0.1, 0.15) is 290 Å². The molecule has 0 aromatic heterocycles. The highest BCUT2D eigenvalue weighted by atomic mass is 31.2. The number of nitrogens with one attached hydrogen (secondary N) is 1. The van der Waals surface area contributed by atoms with Crippen LogP contribution in [-0.2, 0) is 27.9 Å². The van der Waals surface area contributed by atoms with E-state index in [1.165, 1.54) is 167 Å². The molecule has 0 rings (SSSR count). The number of carbonyl (C=O) groups excluding carboxylic acids is 2. The van der Waals surface area contributed by atoms with Crippen molar-refractivity contribution in [3.63, 3.8) is 0 Å². The van der Waals surface area contributed by atoms with E-state index in [9.17, 15) is 19.0 Å². The second-order valence-electron chi connectivity index (χ2n) is 22.9. The van der Waals surface area contributed by atoms with E-state index in [0.29, 0.717) is 23.9 Å². The van der Waals surface area contributed by atoms with Gasteiger partial charge in [-0.05, 0) is 102 Å². The number of phosphoric acid groups is 1. The zero-order valence-corrected chi connectivity index (χ0v) is 52.1. The largest absolute Gasteiger partial charge is 0.472 e. The number of carbonyl (C=O) groups is 2. The number of unbranched alkanes of at least 4 members (excludes halogenated alkanes) is 32. The fourth-order valence-corrected chi connectivity index (χ4v) is 9.83. The van der Waals surface area contributed by atoms with Crippen molar-refractivity contribution in [2.75, 3.05) is 40.9 Å². The molecule has 0 fully saturated rings. The van der Waals surface area contributed by atoms with Crippen molar-refractivity contribution < 1.29 is 37.3 Å². The average Bonchev–Trinajstić information content (AvgIpc) is 3.39. The number of allylic oxidation sites excluding steroid dienone is 11. The minimum absolute atomic E-state index is 0.0358. The van der Waals surface area contributed by atoms with E-state index >= 15 is 0 Å². The molecule has 0 aliphatic carbocycles. The molecular weight excluding hydrogens is 976 g/mol. The van der Waals surface area contributed by atoms with E-state index < -0.39 is 20.0 Å². The summed E-state index contributed by atoms with van der Waals surface area (Å²) in [5, 5.41) is 3.05. The summed E-state index contributed by atoms with van der Waals surface area (Å²) in [6.07, 6.45) is 73.4. The van der Waals surface area contributed by atoms with Crippen LogP contribution in [0.15, 0.2) is 72.9 Å². The number of hydrogen-bond acceptors (Lipinski definition) is 6. The molecule has 3 atom stereocenters. The Bertz CT molecular complexity index is 1550. The van der Waals surface area contributed by atoms with E-state index in [4.69, 9.17) is 13.8 Å². The van der Waals surface area contributed by atoms with Gasteiger partial charge in [0.25, 0.3) is 0 Å². The van der Waals surface area contributed by atoms with Crippen LogP contribution in [0.3, 0.4) is 0 Å². The fraction of sp³-hybridized carbons (Fsp3) is 0.791. The van der Waals surface area contributed by atoms with Gasteiger partial charge < -0.3 is 19.4 Å². The van der Waals surface area contributed by atoms with Gasteiger partial charge in [0.1, 0.15) is 19.3 Å². The van der Waals surface area contributed by atoms with E-state index in [0.717, 1.165) is 83.5 Å². The molecule has 0 saturated carbocycles. The van der Waals surface area contributed by atoms with Crippen molar-refractivity contribution in [1.29, 1.82) is 0 Å². The summed E-state index contributed by atoms with van der Waals surface area (Å²) in [5.41, 5.74) is 0. The third-order valence-electron chi connectivity index (χ3n) is 14.1. The smallest absolute Gasteiger partial charge is 0.456 e. The molecule has 0 radical (unpaired) electrons. The van der Waals surface area contributed by atoms with Gasteiger partial charge in [-0.1, -0.05) is 248 Å². The molecule has 2 N–H and O–H groups in total. The second-order valence-corrected chi connectivity index (χ2v) is 24.4. The second kappa shape index (κ2) is 56.7. The lowest BCUT2D eigenvalue weighted by Gasteiger charge is -2.27. The van der Waals surface area contributed by atoms with Gasteiger partial charge in [-0.3, -0.25) is 18.6 Å². The highest BCUT2D eigenvalue weighted by Crippen LogP contribution is 2.43. The monoisotopic (exact) mass is 1100 g/mol. The molecule has 0 aliphatic heterocycles. The summed E-state index contributed by atoms with van der Waals surface area (Å²) in [6, 6.07) is -0.857. The van der Waals surface area contributed by atoms with Crippen LogP contribution >= 0.6 is 7.82 Å². The number of hydrogen-bond donors (Lipinski definition) is 2. The average molecular weight is 1100 g/mol. The minimum atomic E-state index is -4.45. The molecule has 448 valence electrons. The van der Waals surface area contributed by atoms with Crippen LogP contribution in [-0.4, -0.2) is 74.3 Å². The molecule has 0 aromatic rings. The topological polar surface area (TPSA) is 111 Å². The number of quaternary nitrogens is 1. The number of rotatable bonds is 58. The minimum Gasteiger partial charge on any atom is -0.456 e. The number of phosphoric ester groups is 1. The molecule has 0 heterocycles. The first-order valence-electron chi connectivity index (χ1n) is 32.3. The zero-order valence-electron chi connectivity index (χ0n) is 51.2. The van der Waals surface area contributed by atoms with Crippen molar-refractivity contribution in [2.45, 2.75) is 303 Å². The Labute approximate surface area is 476 Å². The van der Waals surface area contributed by atoms with Crippen LogP contribution in [0.25, 0.3) is 0 Å². The lowest BCUT2D eigenvalue weighted by molar-refractivity contribution is -0.870. The molecule has 0 saturated heterocycles. The van der Waals surface area contributed by atoms with E-state index in [1.54, 1.807) is 0 Å². The Morgan fingerprint density at radius 2 is 0.792 bits per heavy atom. The maximum atomic E-state index is 13.5. The first-order chi connectivity index (χ1) is 37.4. The van der Waals surface area contributed by atoms with Gasteiger partial charge in [-0.25, -0.2) is 4.57 Å². The molecule has 0 bridgehead atoms. The zero-order chi connectivity index (χ0) is 56.4. The van der Waals surface area contributed by atoms with Gasteiger partial charge in [-0.15, -0.1) is 0 Å². The number of esters is 1. The first kappa shape index (κ1) is 74.5. The molecule has 0 aromatic carbocycles. The number of ether oxygens (including phenoxy) is 1. The van der Waals surface area contributed by atoms with Crippen LogP contribution in [0.4, 0.5) is 0 Å². The van der Waals surface area contributed by atoms with E-state index in [1.807, 2.05) is 33.3 Å². The molecular formula is C67H124N2O7P+. The maximum absolute atomic E-state index is 13.5. The number of nitrogens with zero attached hydrogens (tertiary/aromatic N) is 1. The van der Waals surface area contributed by atoms with Crippen molar-refractivity contribution in [1.82, 2.24) is 5.32 Å². The number of likely N-dealkylation sites (N-methyl/N-ethyl adjacent to an activating group) is 1. The van der Waals surface area contributed by atoms with Crippen LogP contribution in [0.2, 0.25) is 0 Å². The van der Waals surface area contributed by atoms with E-state index in [2.05, 4.69) is 86.8 Å². The van der Waals surface area contributed by atoms with E-state index in [-0.39, 0.29) is 31.5 Å². The van der Waals surface area contributed by atoms with Crippen molar-refractivity contribution in [2.24, 2.45) is 0 Å². The standard InChI is InChI=1S/C67H123N2O7P/c1-7-10-13-16-19-22-25-27-28-29-30-31-32-33-34-35-36-37-38-39-40-42-44-47-50-53-56-59-66(70)68-64(63-75-77(72,73)74-62-61-69(4,5)6)65(58-55-52-49-46-43-24-21-18-15-12-9-3)76-67(71)60-57-54-51-48-45-41-26-23-20-17-14-11-8-2/h19,22,27-28,30-31,33-34,41,45,55,58,64-65H,7-18,20-21,23-26,29,32,35-40,42-44,46-54,56-57,59-63H2,1-6H3,(H-,68,70,72,73)/p+1/b22-19-,28-27-,31-30-,34-33-,45-41-,58-55-. The molecule has 0 spiro atoms. The predicted molar refractivity (Wildman–Crippen MR) is 332 cm³/mol. The van der Waals surface area contributed by atoms with Crippen LogP contribution < -0.4 is 5.32 Å². The third kappa shape index (κ3) is 57.9.